The summed E-state index contributed by atoms with van der Waals surface area (Å²) in [5.41, 5.74) is 2.44. The van der Waals surface area contributed by atoms with Gasteiger partial charge in [-0.25, -0.2) is 4.79 Å². The van der Waals surface area contributed by atoms with Gasteiger partial charge in [0.05, 0.1) is 11.6 Å². The van der Waals surface area contributed by atoms with E-state index in [1.54, 1.807) is 48.5 Å². The molecule has 0 aromatic heterocycles. The van der Waals surface area contributed by atoms with E-state index in [-0.39, 0.29) is 12.5 Å². The van der Waals surface area contributed by atoms with Gasteiger partial charge in [-0.05, 0) is 23.8 Å². The summed E-state index contributed by atoms with van der Waals surface area (Å²) >= 11 is 0. The van der Waals surface area contributed by atoms with Gasteiger partial charge in [-0.3, -0.25) is 4.79 Å². The Bertz CT molecular complexity index is 1010. The molecule has 1 N–H and O–H groups in total. The highest BCUT2D eigenvalue weighted by atomic mass is 16.5. The molecule has 0 heterocycles. The minimum atomic E-state index is -0.848. The summed E-state index contributed by atoms with van der Waals surface area (Å²) < 4.78 is 5.44. The fourth-order valence-corrected chi connectivity index (χ4v) is 2.88. The van der Waals surface area contributed by atoms with Crippen LogP contribution >= 0.6 is 0 Å². The third-order valence-corrected chi connectivity index (χ3v) is 4.42. The summed E-state index contributed by atoms with van der Waals surface area (Å²) in [6.45, 7) is -0.0327. The van der Waals surface area contributed by atoms with E-state index in [0.29, 0.717) is 23.1 Å². The van der Waals surface area contributed by atoms with Gasteiger partial charge in [0.2, 0.25) is 0 Å². The molecule has 0 saturated carbocycles. The van der Waals surface area contributed by atoms with Crippen LogP contribution in [0, 0.1) is 11.3 Å². The van der Waals surface area contributed by atoms with Crippen molar-refractivity contribution >= 4 is 11.9 Å². The predicted molar refractivity (Wildman–Crippen MR) is 109 cm³/mol. The molecule has 0 saturated heterocycles. The van der Waals surface area contributed by atoms with Gasteiger partial charge in [0.15, 0.2) is 0 Å². The number of nitriles is 1. The summed E-state index contributed by atoms with van der Waals surface area (Å²) in [5, 5.41) is 12.0. The predicted octanol–water partition coefficient (Wildman–Crippen LogP) is 3.64. The second kappa shape index (κ2) is 9.86. The normalized spacial score (nSPS) is 11.1. The van der Waals surface area contributed by atoms with Crippen LogP contribution in [0.15, 0.2) is 84.9 Å². The highest BCUT2D eigenvalue weighted by Crippen LogP contribution is 2.11. The van der Waals surface area contributed by atoms with Crippen LogP contribution in [0.25, 0.3) is 0 Å². The fourth-order valence-electron chi connectivity index (χ4n) is 2.88. The van der Waals surface area contributed by atoms with Gasteiger partial charge < -0.3 is 10.1 Å². The lowest BCUT2D eigenvalue weighted by Gasteiger charge is -2.18. The lowest BCUT2D eigenvalue weighted by Crippen LogP contribution is -2.43. The Kier molecular flexibility index (Phi) is 6.75. The minimum Gasteiger partial charge on any atom is -0.459 e. The number of benzene rings is 3. The molecule has 5 nitrogen and oxygen atoms in total. The summed E-state index contributed by atoms with van der Waals surface area (Å²) in [6, 6.07) is 26.3. The van der Waals surface area contributed by atoms with Crippen LogP contribution in [-0.2, 0) is 22.6 Å². The summed E-state index contributed by atoms with van der Waals surface area (Å²) in [4.78, 5) is 25.3. The smallest absolute Gasteiger partial charge is 0.329 e. The Hall–Kier alpha value is -3.91. The molecule has 0 fully saturated rings. The maximum atomic E-state index is 12.8. The fraction of sp³-hybridized carbons (Fsp3) is 0.125. The third-order valence-electron chi connectivity index (χ3n) is 4.42. The van der Waals surface area contributed by atoms with E-state index in [4.69, 9.17) is 4.74 Å². The zero-order valence-corrected chi connectivity index (χ0v) is 15.7. The van der Waals surface area contributed by atoms with Crippen molar-refractivity contribution in [2.24, 2.45) is 0 Å². The number of hydrogen-bond donors (Lipinski definition) is 1. The van der Waals surface area contributed by atoms with Gasteiger partial charge in [0.25, 0.3) is 5.91 Å². The first kappa shape index (κ1) is 19.8. The Morgan fingerprint density at radius 1 is 0.897 bits per heavy atom. The number of nitrogens with zero attached hydrogens (tertiary/aromatic N) is 1. The molecule has 0 aliphatic carbocycles. The van der Waals surface area contributed by atoms with Crippen molar-refractivity contribution in [2.75, 3.05) is 0 Å². The molecule has 0 radical (unpaired) electrons. The number of ether oxygens (including phenoxy) is 1. The molecule has 0 aliphatic heterocycles. The van der Waals surface area contributed by atoms with E-state index in [1.165, 1.54) is 0 Å². The second-order valence-electron chi connectivity index (χ2n) is 6.46. The molecule has 0 bridgehead atoms. The van der Waals surface area contributed by atoms with Gasteiger partial charge in [0.1, 0.15) is 12.6 Å². The van der Waals surface area contributed by atoms with Crippen molar-refractivity contribution < 1.29 is 14.3 Å². The number of hydrogen-bond acceptors (Lipinski definition) is 4. The van der Waals surface area contributed by atoms with E-state index in [2.05, 4.69) is 11.4 Å². The SMILES string of the molecule is N#Cc1ccccc1COC(=O)[C@H](Cc1ccccc1)NC(=O)c1ccccc1. The minimum absolute atomic E-state index is 0.0327. The molecule has 0 unspecified atom stereocenters. The first-order chi connectivity index (χ1) is 14.2. The van der Waals surface area contributed by atoms with E-state index in [9.17, 15) is 14.9 Å². The average molecular weight is 384 g/mol. The van der Waals surface area contributed by atoms with Crippen molar-refractivity contribution in [2.45, 2.75) is 19.1 Å². The Morgan fingerprint density at radius 3 is 2.21 bits per heavy atom. The van der Waals surface area contributed by atoms with E-state index in [0.717, 1.165) is 5.56 Å². The summed E-state index contributed by atoms with van der Waals surface area (Å²) in [7, 11) is 0. The maximum Gasteiger partial charge on any atom is 0.329 e. The molecular weight excluding hydrogens is 364 g/mol. The van der Waals surface area contributed by atoms with Gasteiger partial charge in [0, 0.05) is 17.5 Å². The summed E-state index contributed by atoms with van der Waals surface area (Å²) in [5.74, 6) is -0.896. The van der Waals surface area contributed by atoms with Crippen molar-refractivity contribution in [3.8, 4) is 6.07 Å². The Balaban J connectivity index is 1.73. The Labute approximate surface area is 169 Å². The quantitative estimate of drug-likeness (QED) is 0.631. The van der Waals surface area contributed by atoms with Crippen LogP contribution in [0.1, 0.15) is 27.0 Å². The summed E-state index contributed by atoms with van der Waals surface area (Å²) in [6.07, 6.45) is 0.304. The molecule has 0 spiro atoms. The molecule has 29 heavy (non-hydrogen) atoms. The lowest BCUT2D eigenvalue weighted by atomic mass is 10.1. The number of esters is 1. The van der Waals surface area contributed by atoms with Gasteiger partial charge in [-0.1, -0.05) is 66.7 Å². The topological polar surface area (TPSA) is 79.2 Å². The van der Waals surface area contributed by atoms with Crippen molar-refractivity contribution in [1.29, 1.82) is 5.26 Å². The largest absolute Gasteiger partial charge is 0.459 e. The third kappa shape index (κ3) is 5.53. The Morgan fingerprint density at radius 2 is 1.52 bits per heavy atom. The van der Waals surface area contributed by atoms with E-state index < -0.39 is 12.0 Å². The van der Waals surface area contributed by atoms with Crippen LogP contribution in [0.4, 0.5) is 0 Å². The highest BCUT2D eigenvalue weighted by Gasteiger charge is 2.23. The molecule has 3 aromatic carbocycles. The van der Waals surface area contributed by atoms with Crippen LogP contribution < -0.4 is 5.32 Å². The molecule has 1 amide bonds. The lowest BCUT2D eigenvalue weighted by molar-refractivity contribution is -0.147. The molecule has 3 aromatic rings. The zero-order valence-electron chi connectivity index (χ0n) is 15.7. The number of rotatable bonds is 7. The van der Waals surface area contributed by atoms with Crippen molar-refractivity contribution in [3.05, 3.63) is 107 Å². The highest BCUT2D eigenvalue weighted by molar-refractivity contribution is 5.96. The van der Waals surface area contributed by atoms with E-state index >= 15 is 0 Å². The first-order valence-corrected chi connectivity index (χ1v) is 9.22. The maximum absolute atomic E-state index is 12.8. The standard InChI is InChI=1S/C24H20N2O3/c25-16-20-13-7-8-14-21(20)17-29-24(28)22(15-18-9-3-1-4-10-18)26-23(27)19-11-5-2-6-12-19/h1-14,22H,15,17H2,(H,26,27)/t22-/m0/s1. The monoisotopic (exact) mass is 384 g/mol. The molecular formula is C24H20N2O3. The van der Waals surface area contributed by atoms with Crippen molar-refractivity contribution in [3.63, 3.8) is 0 Å². The molecule has 5 heteroatoms. The molecule has 3 rings (SSSR count). The van der Waals surface area contributed by atoms with Gasteiger partial charge in [-0.2, -0.15) is 5.26 Å². The van der Waals surface area contributed by atoms with Crippen LogP contribution in [0.5, 0.6) is 0 Å². The number of carbonyl (C=O) groups is 2. The van der Waals surface area contributed by atoms with Crippen molar-refractivity contribution in [1.82, 2.24) is 5.32 Å². The zero-order chi connectivity index (χ0) is 20.5. The molecule has 1 atom stereocenters. The van der Waals surface area contributed by atoms with Crippen LogP contribution in [-0.4, -0.2) is 17.9 Å². The van der Waals surface area contributed by atoms with E-state index in [1.807, 2.05) is 36.4 Å². The second-order valence-corrected chi connectivity index (χ2v) is 6.46. The number of carbonyl (C=O) groups excluding carboxylic acids is 2. The first-order valence-electron chi connectivity index (χ1n) is 9.22. The van der Waals surface area contributed by atoms with Crippen LogP contribution in [0.2, 0.25) is 0 Å². The number of nitrogens with one attached hydrogen (secondary N) is 1. The van der Waals surface area contributed by atoms with Crippen LogP contribution in [0.3, 0.4) is 0 Å². The average Bonchev–Trinajstić information content (AvgIpc) is 2.78. The number of amides is 1. The molecule has 0 aliphatic rings. The van der Waals surface area contributed by atoms with Gasteiger partial charge >= 0.3 is 5.97 Å². The van der Waals surface area contributed by atoms with Gasteiger partial charge in [-0.15, -0.1) is 0 Å². The molecule has 144 valence electrons.